The fourth-order valence-electron chi connectivity index (χ4n) is 2.83. The fourth-order valence-corrected chi connectivity index (χ4v) is 2.83. The van der Waals surface area contributed by atoms with Gasteiger partial charge in [0.1, 0.15) is 11.9 Å². The van der Waals surface area contributed by atoms with Crippen LogP contribution in [0.4, 0.5) is 11.6 Å². The summed E-state index contributed by atoms with van der Waals surface area (Å²) in [7, 11) is 1.66. The molecule has 0 aromatic carbocycles. The van der Waals surface area contributed by atoms with E-state index in [4.69, 9.17) is 15.7 Å². The van der Waals surface area contributed by atoms with Crippen molar-refractivity contribution in [1.29, 1.82) is 5.26 Å². The van der Waals surface area contributed by atoms with Gasteiger partial charge in [0, 0.05) is 31.8 Å². The summed E-state index contributed by atoms with van der Waals surface area (Å²) in [5.41, 5.74) is 7.22. The summed E-state index contributed by atoms with van der Waals surface area (Å²) in [6.07, 6.45) is 8.31. The average molecular weight is 393 g/mol. The molecule has 1 unspecified atom stereocenters. The van der Waals surface area contributed by atoms with Gasteiger partial charge in [-0.2, -0.15) is 5.26 Å². The standard InChI is InChI=1S/C19H23N9O/c1-22-6-4-15(21)19-16(29-12-13-3-2-5-23-9-13)7-17(27-28-19)26-18-11-24-14(8-20)10-25-18/h4,6-7,10-11,13,23H,2-3,5,9,12,21H2,1H3,(H,25,26,27)/b15-4-,22-6?. The number of hydrogen-bond donors (Lipinski definition) is 3. The highest BCUT2D eigenvalue weighted by molar-refractivity contribution is 5.83. The molecule has 10 heteroatoms. The predicted octanol–water partition coefficient (Wildman–Crippen LogP) is 1.26. The van der Waals surface area contributed by atoms with Crippen molar-refractivity contribution in [3.63, 3.8) is 0 Å². The van der Waals surface area contributed by atoms with E-state index in [1.165, 1.54) is 12.4 Å². The number of nitriles is 1. The Labute approximate surface area is 168 Å². The molecule has 0 amide bonds. The zero-order valence-electron chi connectivity index (χ0n) is 16.2. The van der Waals surface area contributed by atoms with E-state index in [9.17, 15) is 0 Å². The highest BCUT2D eigenvalue weighted by Gasteiger charge is 2.17. The molecule has 1 saturated heterocycles. The maximum Gasteiger partial charge on any atom is 0.158 e. The fraction of sp³-hybridized carbons (Fsp3) is 0.368. The third kappa shape index (κ3) is 5.70. The molecule has 3 heterocycles. The Morgan fingerprint density at radius 3 is 3.00 bits per heavy atom. The van der Waals surface area contributed by atoms with Crippen molar-refractivity contribution in [2.75, 3.05) is 32.1 Å². The number of rotatable bonds is 7. The van der Waals surface area contributed by atoms with E-state index < -0.39 is 0 Å². The first-order valence-corrected chi connectivity index (χ1v) is 9.28. The maximum atomic E-state index is 8.82. The van der Waals surface area contributed by atoms with Crippen molar-refractivity contribution in [2.45, 2.75) is 12.8 Å². The number of aliphatic imine (C=N–C) groups is 1. The van der Waals surface area contributed by atoms with Crippen molar-refractivity contribution in [3.05, 3.63) is 35.9 Å². The van der Waals surface area contributed by atoms with E-state index in [0.717, 1.165) is 25.9 Å². The molecular weight excluding hydrogens is 370 g/mol. The average Bonchev–Trinajstić information content (AvgIpc) is 2.77. The number of aromatic nitrogens is 4. The van der Waals surface area contributed by atoms with Crippen LogP contribution < -0.4 is 21.1 Å². The third-order valence-electron chi connectivity index (χ3n) is 4.33. The first kappa shape index (κ1) is 20.2. The van der Waals surface area contributed by atoms with E-state index in [-0.39, 0.29) is 5.69 Å². The molecule has 29 heavy (non-hydrogen) atoms. The van der Waals surface area contributed by atoms with Gasteiger partial charge in [0.2, 0.25) is 0 Å². The van der Waals surface area contributed by atoms with Gasteiger partial charge in [-0.3, -0.25) is 4.99 Å². The zero-order valence-corrected chi connectivity index (χ0v) is 16.2. The van der Waals surface area contributed by atoms with Gasteiger partial charge >= 0.3 is 0 Å². The number of nitrogens with zero attached hydrogens (tertiary/aromatic N) is 6. The Balaban J connectivity index is 1.81. The molecule has 0 spiro atoms. The molecule has 1 aliphatic rings. The Morgan fingerprint density at radius 2 is 2.31 bits per heavy atom. The second-order valence-corrected chi connectivity index (χ2v) is 6.52. The van der Waals surface area contributed by atoms with Gasteiger partial charge in [-0.15, -0.1) is 10.2 Å². The number of allylic oxidation sites excluding steroid dienone is 1. The summed E-state index contributed by atoms with van der Waals surface area (Å²) in [6, 6.07) is 3.65. The molecule has 0 bridgehead atoms. The summed E-state index contributed by atoms with van der Waals surface area (Å²) in [4.78, 5) is 12.0. The molecule has 1 fully saturated rings. The van der Waals surface area contributed by atoms with Crippen LogP contribution in [0.1, 0.15) is 24.2 Å². The van der Waals surface area contributed by atoms with Crippen molar-refractivity contribution in [1.82, 2.24) is 25.5 Å². The molecule has 1 aliphatic heterocycles. The topological polar surface area (TPSA) is 147 Å². The van der Waals surface area contributed by atoms with Gasteiger partial charge in [-0.05, 0) is 25.5 Å². The maximum absolute atomic E-state index is 8.82. The summed E-state index contributed by atoms with van der Waals surface area (Å²) in [5, 5.41) is 23.6. The molecule has 150 valence electrons. The van der Waals surface area contributed by atoms with Gasteiger partial charge in [0.15, 0.2) is 23.0 Å². The number of hydrogen-bond acceptors (Lipinski definition) is 10. The minimum absolute atomic E-state index is 0.234. The van der Waals surface area contributed by atoms with E-state index in [1.807, 2.05) is 6.07 Å². The second kappa shape index (κ2) is 10.1. The lowest BCUT2D eigenvalue weighted by Crippen LogP contribution is -2.33. The van der Waals surface area contributed by atoms with Crippen molar-refractivity contribution < 1.29 is 4.74 Å². The van der Waals surface area contributed by atoms with Crippen LogP contribution in [-0.4, -0.2) is 53.1 Å². The highest BCUT2D eigenvalue weighted by atomic mass is 16.5. The van der Waals surface area contributed by atoms with Gasteiger partial charge in [0.25, 0.3) is 0 Å². The molecule has 0 aliphatic carbocycles. The highest BCUT2D eigenvalue weighted by Crippen LogP contribution is 2.25. The Hall–Kier alpha value is -3.58. The lowest BCUT2D eigenvalue weighted by molar-refractivity contribution is 0.217. The lowest BCUT2D eigenvalue weighted by atomic mass is 10.0. The van der Waals surface area contributed by atoms with Crippen LogP contribution in [0.5, 0.6) is 5.75 Å². The van der Waals surface area contributed by atoms with Crippen molar-refractivity contribution in [3.8, 4) is 11.8 Å². The second-order valence-electron chi connectivity index (χ2n) is 6.52. The first-order valence-electron chi connectivity index (χ1n) is 9.28. The largest absolute Gasteiger partial charge is 0.491 e. The summed E-state index contributed by atoms with van der Waals surface area (Å²) >= 11 is 0. The van der Waals surface area contributed by atoms with Crippen LogP contribution in [0, 0.1) is 17.2 Å². The Bertz CT molecular complexity index is 912. The smallest absolute Gasteiger partial charge is 0.158 e. The van der Waals surface area contributed by atoms with Crippen LogP contribution in [0.2, 0.25) is 0 Å². The van der Waals surface area contributed by atoms with E-state index in [1.54, 1.807) is 25.4 Å². The third-order valence-corrected chi connectivity index (χ3v) is 4.33. The van der Waals surface area contributed by atoms with Crippen LogP contribution in [-0.2, 0) is 0 Å². The number of ether oxygens (including phenoxy) is 1. The van der Waals surface area contributed by atoms with Crippen LogP contribution in [0.3, 0.4) is 0 Å². The molecule has 3 rings (SSSR count). The quantitative estimate of drug-likeness (QED) is 0.591. The Morgan fingerprint density at radius 1 is 1.41 bits per heavy atom. The molecule has 2 aromatic rings. The minimum Gasteiger partial charge on any atom is -0.491 e. The molecule has 4 N–H and O–H groups in total. The number of anilines is 2. The van der Waals surface area contributed by atoms with Gasteiger partial charge in [-0.25, -0.2) is 9.97 Å². The molecule has 1 atom stereocenters. The molecule has 10 nitrogen and oxygen atoms in total. The lowest BCUT2D eigenvalue weighted by Gasteiger charge is -2.23. The normalized spacial score (nSPS) is 17.1. The summed E-state index contributed by atoms with van der Waals surface area (Å²) in [5.74, 6) is 1.82. The van der Waals surface area contributed by atoms with Crippen LogP contribution >= 0.6 is 0 Å². The number of nitrogens with two attached hydrogens (primary N) is 1. The molecule has 2 aromatic heterocycles. The zero-order chi connectivity index (χ0) is 20.5. The van der Waals surface area contributed by atoms with Crippen LogP contribution in [0.15, 0.2) is 29.5 Å². The summed E-state index contributed by atoms with van der Waals surface area (Å²) in [6.45, 7) is 2.52. The van der Waals surface area contributed by atoms with Crippen LogP contribution in [0.25, 0.3) is 5.70 Å². The molecule has 0 saturated carbocycles. The van der Waals surface area contributed by atoms with Gasteiger partial charge < -0.3 is 21.1 Å². The number of piperidine rings is 1. The van der Waals surface area contributed by atoms with Gasteiger partial charge in [-0.1, -0.05) is 0 Å². The molecular formula is C19H23N9O. The SMILES string of the molecule is CN=C/C=C(\N)c1nnc(Nc2cnc(C#N)cn2)cc1OCC1CCCNC1. The first-order chi connectivity index (χ1) is 14.2. The minimum atomic E-state index is 0.234. The predicted molar refractivity (Wildman–Crippen MR) is 110 cm³/mol. The van der Waals surface area contributed by atoms with Gasteiger partial charge in [0.05, 0.1) is 24.7 Å². The van der Waals surface area contributed by atoms with E-state index >= 15 is 0 Å². The van der Waals surface area contributed by atoms with Crippen molar-refractivity contribution >= 4 is 23.5 Å². The van der Waals surface area contributed by atoms with E-state index in [2.05, 4.69) is 35.8 Å². The molecule has 0 radical (unpaired) electrons. The monoisotopic (exact) mass is 393 g/mol. The summed E-state index contributed by atoms with van der Waals surface area (Å²) < 4.78 is 6.07. The van der Waals surface area contributed by atoms with Crippen molar-refractivity contribution in [2.24, 2.45) is 16.6 Å². The Kier molecular flexibility index (Phi) is 7.02. The number of nitrogens with one attached hydrogen (secondary N) is 2. The van der Waals surface area contributed by atoms with E-state index in [0.29, 0.717) is 41.3 Å².